The Hall–Kier alpha value is -3.49. The lowest BCUT2D eigenvalue weighted by Crippen LogP contribution is -2.10. The van der Waals surface area contributed by atoms with Gasteiger partial charge in [0.1, 0.15) is 0 Å². The molecule has 1 heterocycles. The Kier molecular flexibility index (Phi) is 2.77. The van der Waals surface area contributed by atoms with E-state index in [-0.39, 0.29) is 28.4 Å². The zero-order chi connectivity index (χ0) is 16.0. The van der Waals surface area contributed by atoms with Gasteiger partial charge in [0.15, 0.2) is 23.0 Å². The molecule has 9 nitrogen and oxygen atoms in total. The Labute approximate surface area is 122 Å². The predicted octanol–water partition coefficient (Wildman–Crippen LogP) is 2.55. The van der Waals surface area contributed by atoms with Crippen molar-refractivity contribution < 1.29 is 29.8 Å². The highest BCUT2D eigenvalue weighted by Crippen LogP contribution is 2.48. The number of non-ortho nitro benzene ring substituents is 1. The van der Waals surface area contributed by atoms with Crippen LogP contribution in [0.4, 0.5) is 17.1 Å². The molecule has 112 valence electrons. The van der Waals surface area contributed by atoms with Crippen LogP contribution in [0.25, 0.3) is 0 Å². The number of rotatable bonds is 2. The first-order valence-corrected chi connectivity index (χ1v) is 5.93. The highest BCUT2D eigenvalue weighted by Gasteiger charge is 2.27. The van der Waals surface area contributed by atoms with Crippen molar-refractivity contribution in [3.05, 3.63) is 39.9 Å². The Morgan fingerprint density at radius 3 is 2.45 bits per heavy atom. The number of anilines is 2. The summed E-state index contributed by atoms with van der Waals surface area (Å²) in [5.74, 6) is -2.20. The van der Waals surface area contributed by atoms with Crippen LogP contribution in [-0.4, -0.2) is 26.2 Å². The van der Waals surface area contributed by atoms with Crippen molar-refractivity contribution in [2.24, 2.45) is 0 Å². The van der Waals surface area contributed by atoms with Crippen LogP contribution in [0.3, 0.4) is 0 Å². The fourth-order valence-electron chi connectivity index (χ4n) is 2.08. The molecule has 0 saturated heterocycles. The summed E-state index contributed by atoms with van der Waals surface area (Å²) in [5.41, 5.74) is -0.540. The van der Waals surface area contributed by atoms with Crippen LogP contribution < -0.4 is 10.1 Å². The van der Waals surface area contributed by atoms with E-state index in [1.165, 1.54) is 0 Å². The maximum Gasteiger partial charge on any atom is 0.338 e. The van der Waals surface area contributed by atoms with Gasteiger partial charge in [-0.3, -0.25) is 10.1 Å². The molecule has 0 unspecified atom stereocenters. The molecule has 3 rings (SSSR count). The molecule has 2 aromatic rings. The van der Waals surface area contributed by atoms with Crippen LogP contribution >= 0.6 is 0 Å². The molecule has 2 aromatic carbocycles. The van der Waals surface area contributed by atoms with E-state index in [9.17, 15) is 30.2 Å². The molecule has 0 saturated carbocycles. The average Bonchev–Trinajstić information content (AvgIpc) is 2.45. The number of carboxylic acids is 1. The van der Waals surface area contributed by atoms with E-state index in [1.807, 2.05) is 0 Å². The molecular weight excluding hydrogens is 296 g/mol. The summed E-state index contributed by atoms with van der Waals surface area (Å²) in [6, 6.07) is 4.24. The Bertz CT molecular complexity index is 832. The van der Waals surface area contributed by atoms with Crippen LogP contribution in [0.2, 0.25) is 0 Å². The Morgan fingerprint density at radius 1 is 1.14 bits per heavy atom. The topological polar surface area (TPSA) is 142 Å². The van der Waals surface area contributed by atoms with E-state index in [0.29, 0.717) is 0 Å². The van der Waals surface area contributed by atoms with Gasteiger partial charge in [-0.15, -0.1) is 0 Å². The summed E-state index contributed by atoms with van der Waals surface area (Å²) in [4.78, 5) is 21.4. The number of fused-ring (bicyclic) bond motifs is 2. The minimum absolute atomic E-state index is 0.0238. The SMILES string of the molecule is O=C(O)c1cc([N+](=O)[O-])cc2c1Nc1cc(O)c(O)cc1O2. The lowest BCUT2D eigenvalue weighted by atomic mass is 10.1. The molecule has 0 atom stereocenters. The first-order valence-electron chi connectivity index (χ1n) is 5.93. The van der Waals surface area contributed by atoms with Crippen molar-refractivity contribution in [3.63, 3.8) is 0 Å². The second-order valence-electron chi connectivity index (χ2n) is 4.49. The van der Waals surface area contributed by atoms with Crippen LogP contribution in [0.1, 0.15) is 10.4 Å². The first-order chi connectivity index (χ1) is 10.4. The highest BCUT2D eigenvalue weighted by molar-refractivity contribution is 5.99. The van der Waals surface area contributed by atoms with Gasteiger partial charge in [0.25, 0.3) is 5.69 Å². The number of phenols is 2. The molecular formula is C13H8N2O7. The number of nitrogens with zero attached hydrogens (tertiary/aromatic N) is 1. The van der Waals surface area contributed by atoms with Crippen LogP contribution in [-0.2, 0) is 0 Å². The number of carbonyl (C=O) groups is 1. The van der Waals surface area contributed by atoms with E-state index in [1.54, 1.807) is 0 Å². The van der Waals surface area contributed by atoms with Crippen molar-refractivity contribution in [3.8, 4) is 23.0 Å². The maximum atomic E-state index is 11.3. The molecule has 0 bridgehead atoms. The number of nitro groups is 1. The van der Waals surface area contributed by atoms with Gasteiger partial charge in [-0.1, -0.05) is 0 Å². The summed E-state index contributed by atoms with van der Waals surface area (Å²) < 4.78 is 5.39. The monoisotopic (exact) mass is 304 g/mol. The lowest BCUT2D eigenvalue weighted by Gasteiger charge is -2.23. The number of carboxylic acid groups (broad SMARTS) is 1. The largest absolute Gasteiger partial charge is 0.504 e. The molecule has 0 radical (unpaired) electrons. The van der Waals surface area contributed by atoms with Crippen molar-refractivity contribution in [2.45, 2.75) is 0 Å². The van der Waals surface area contributed by atoms with Gasteiger partial charge < -0.3 is 25.4 Å². The molecule has 4 N–H and O–H groups in total. The van der Waals surface area contributed by atoms with Gasteiger partial charge in [-0.25, -0.2) is 4.79 Å². The van der Waals surface area contributed by atoms with Gasteiger partial charge in [-0.05, 0) is 0 Å². The van der Waals surface area contributed by atoms with E-state index >= 15 is 0 Å². The number of ether oxygens (including phenoxy) is 1. The molecule has 0 spiro atoms. The Morgan fingerprint density at radius 2 is 1.82 bits per heavy atom. The van der Waals surface area contributed by atoms with Gasteiger partial charge >= 0.3 is 5.97 Å². The van der Waals surface area contributed by atoms with E-state index in [0.717, 1.165) is 24.3 Å². The number of aromatic hydroxyl groups is 2. The van der Waals surface area contributed by atoms with Crippen LogP contribution in [0, 0.1) is 10.1 Å². The molecule has 0 aromatic heterocycles. The van der Waals surface area contributed by atoms with Gasteiger partial charge in [0.2, 0.25) is 0 Å². The average molecular weight is 304 g/mol. The van der Waals surface area contributed by atoms with E-state index in [2.05, 4.69) is 5.32 Å². The van der Waals surface area contributed by atoms with Gasteiger partial charge in [-0.2, -0.15) is 0 Å². The molecule has 0 amide bonds. The van der Waals surface area contributed by atoms with Crippen molar-refractivity contribution in [1.82, 2.24) is 0 Å². The molecule has 22 heavy (non-hydrogen) atoms. The number of hydrogen-bond donors (Lipinski definition) is 4. The van der Waals surface area contributed by atoms with E-state index in [4.69, 9.17) is 4.74 Å². The summed E-state index contributed by atoms with van der Waals surface area (Å²) in [7, 11) is 0. The summed E-state index contributed by atoms with van der Waals surface area (Å²) in [5, 5.41) is 41.7. The smallest absolute Gasteiger partial charge is 0.338 e. The number of nitrogens with one attached hydrogen (secondary N) is 1. The normalized spacial score (nSPS) is 11.6. The number of phenolic OH excluding ortho intramolecular Hbond substituents is 2. The summed E-state index contributed by atoms with van der Waals surface area (Å²) in [6.07, 6.45) is 0. The van der Waals surface area contributed by atoms with Crippen molar-refractivity contribution >= 4 is 23.0 Å². The first kappa shape index (κ1) is 13.5. The van der Waals surface area contributed by atoms with Gasteiger partial charge in [0, 0.05) is 18.2 Å². The molecule has 0 fully saturated rings. The molecule has 0 aliphatic carbocycles. The molecule has 1 aliphatic rings. The fraction of sp³-hybridized carbons (Fsp3) is 0. The summed E-state index contributed by atoms with van der Waals surface area (Å²) in [6.45, 7) is 0. The minimum Gasteiger partial charge on any atom is -0.504 e. The lowest BCUT2D eigenvalue weighted by molar-refractivity contribution is -0.384. The third-order valence-corrected chi connectivity index (χ3v) is 3.08. The fourth-order valence-corrected chi connectivity index (χ4v) is 2.08. The van der Waals surface area contributed by atoms with Crippen LogP contribution in [0.15, 0.2) is 24.3 Å². The third kappa shape index (κ3) is 2.00. The molecule has 1 aliphatic heterocycles. The standard InChI is InChI=1S/C13H8N2O7/c16-8-3-7-10(4-9(8)17)22-11-2-5(15(20)21)1-6(13(18)19)12(11)14-7/h1-4,14,16-17H,(H,18,19). The number of nitro benzene ring substituents is 1. The van der Waals surface area contributed by atoms with Crippen molar-refractivity contribution in [1.29, 1.82) is 0 Å². The molecule has 9 heteroatoms. The van der Waals surface area contributed by atoms with Crippen molar-refractivity contribution in [2.75, 3.05) is 5.32 Å². The maximum absolute atomic E-state index is 11.3. The third-order valence-electron chi connectivity index (χ3n) is 3.08. The number of aromatic carboxylic acids is 1. The highest BCUT2D eigenvalue weighted by atomic mass is 16.6. The zero-order valence-corrected chi connectivity index (χ0v) is 10.7. The number of hydrogen-bond acceptors (Lipinski definition) is 7. The second kappa shape index (κ2) is 4.52. The number of benzene rings is 2. The minimum atomic E-state index is -1.37. The second-order valence-corrected chi connectivity index (χ2v) is 4.49. The van der Waals surface area contributed by atoms with Crippen LogP contribution in [0.5, 0.6) is 23.0 Å². The quantitative estimate of drug-likeness (QED) is 0.245. The van der Waals surface area contributed by atoms with Gasteiger partial charge in [0.05, 0.1) is 27.9 Å². The Balaban J connectivity index is 2.19. The predicted molar refractivity (Wildman–Crippen MR) is 73.2 cm³/mol. The summed E-state index contributed by atoms with van der Waals surface area (Å²) >= 11 is 0. The zero-order valence-electron chi connectivity index (χ0n) is 10.7. The van der Waals surface area contributed by atoms with E-state index < -0.39 is 28.1 Å².